The zero-order chi connectivity index (χ0) is 7.56. The van der Waals surface area contributed by atoms with Gasteiger partial charge in [-0.25, -0.2) is 0 Å². The molecule has 1 atom stereocenters. The maximum absolute atomic E-state index is 10.8. The second-order valence-corrected chi connectivity index (χ2v) is 2.37. The first kappa shape index (κ1) is 7.61. The Morgan fingerprint density at radius 2 is 2.60 bits per heavy atom. The fourth-order valence-corrected chi connectivity index (χ4v) is 1.00. The smallest absolute Gasteiger partial charge is 0.316 e. The Morgan fingerprint density at radius 3 is 3.00 bits per heavy atom. The summed E-state index contributed by atoms with van der Waals surface area (Å²) in [5, 5.41) is 0. The van der Waals surface area contributed by atoms with Gasteiger partial charge in [-0.3, -0.25) is 4.79 Å². The summed E-state index contributed by atoms with van der Waals surface area (Å²) in [5.41, 5.74) is 0.986. The van der Waals surface area contributed by atoms with Crippen molar-refractivity contribution in [3.05, 3.63) is 11.6 Å². The Hall–Kier alpha value is -0.500. The number of halogens is 1. The molecule has 0 heterocycles. The van der Waals surface area contributed by atoms with Gasteiger partial charge >= 0.3 is 5.97 Å². The Balaban J connectivity index is 2.22. The van der Waals surface area contributed by atoms with Crippen LogP contribution >= 0.6 is 11.6 Å². The van der Waals surface area contributed by atoms with Crippen LogP contribution in [-0.2, 0) is 9.53 Å². The van der Waals surface area contributed by atoms with Crippen molar-refractivity contribution in [2.24, 2.45) is 5.92 Å². The predicted octanol–water partition coefficient (Wildman–Crippen LogP) is 1.34. The Bertz CT molecular complexity index is 174. The number of carbonyl (C=O) groups is 1. The van der Waals surface area contributed by atoms with Gasteiger partial charge in [-0.05, 0) is 12.5 Å². The number of esters is 1. The van der Waals surface area contributed by atoms with Gasteiger partial charge in [0.15, 0.2) is 0 Å². The minimum atomic E-state index is -0.168. The standard InChI is InChI=1S/C7H9ClO2/c1-2-10-7(9)6-3-5(6)4-8/h3,6H,2,4H2,1H3. The van der Waals surface area contributed by atoms with Crippen molar-refractivity contribution in [2.75, 3.05) is 12.5 Å². The van der Waals surface area contributed by atoms with Crippen molar-refractivity contribution in [1.82, 2.24) is 0 Å². The van der Waals surface area contributed by atoms with Crippen molar-refractivity contribution in [3.8, 4) is 0 Å². The molecule has 0 spiro atoms. The lowest BCUT2D eigenvalue weighted by Gasteiger charge is -1.98. The average Bonchev–Trinajstić information content (AvgIpc) is 2.66. The fraction of sp³-hybridized carbons (Fsp3) is 0.571. The topological polar surface area (TPSA) is 26.3 Å². The molecule has 0 saturated heterocycles. The second-order valence-electron chi connectivity index (χ2n) is 2.10. The number of rotatable bonds is 3. The Kier molecular flexibility index (Phi) is 2.33. The van der Waals surface area contributed by atoms with Crippen molar-refractivity contribution >= 4 is 17.6 Å². The summed E-state index contributed by atoms with van der Waals surface area (Å²) in [7, 11) is 0. The molecule has 3 heteroatoms. The normalized spacial score (nSPS) is 21.8. The molecule has 0 aromatic heterocycles. The van der Waals surface area contributed by atoms with Crippen LogP contribution in [0.2, 0.25) is 0 Å². The summed E-state index contributed by atoms with van der Waals surface area (Å²) in [4.78, 5) is 10.8. The van der Waals surface area contributed by atoms with Crippen LogP contribution in [0.25, 0.3) is 0 Å². The van der Waals surface area contributed by atoms with E-state index in [0.29, 0.717) is 12.5 Å². The largest absolute Gasteiger partial charge is 0.465 e. The molecule has 0 amide bonds. The first-order valence-electron chi connectivity index (χ1n) is 3.22. The SMILES string of the molecule is CCOC(=O)C1C=C1CCl. The third kappa shape index (κ3) is 1.51. The number of alkyl halides is 1. The van der Waals surface area contributed by atoms with E-state index in [1.807, 2.05) is 6.08 Å². The molecule has 2 nitrogen and oxygen atoms in total. The molecule has 1 aliphatic carbocycles. The van der Waals surface area contributed by atoms with Crippen LogP contribution in [0.3, 0.4) is 0 Å². The molecule has 0 radical (unpaired) electrons. The van der Waals surface area contributed by atoms with Gasteiger partial charge in [-0.1, -0.05) is 6.08 Å². The van der Waals surface area contributed by atoms with Crippen LogP contribution in [-0.4, -0.2) is 18.5 Å². The van der Waals surface area contributed by atoms with Gasteiger partial charge in [0.2, 0.25) is 0 Å². The van der Waals surface area contributed by atoms with Crippen LogP contribution in [0, 0.1) is 5.92 Å². The molecule has 1 unspecified atom stereocenters. The number of hydrogen-bond donors (Lipinski definition) is 0. The first-order chi connectivity index (χ1) is 4.79. The van der Waals surface area contributed by atoms with Gasteiger partial charge in [0, 0.05) is 5.88 Å². The van der Waals surface area contributed by atoms with Gasteiger partial charge in [-0.15, -0.1) is 11.6 Å². The van der Waals surface area contributed by atoms with Gasteiger partial charge in [0.05, 0.1) is 12.5 Å². The molecule has 0 fully saturated rings. The number of hydrogen-bond acceptors (Lipinski definition) is 2. The zero-order valence-corrected chi connectivity index (χ0v) is 6.52. The van der Waals surface area contributed by atoms with Crippen LogP contribution in [0.4, 0.5) is 0 Å². The molecule has 0 saturated carbocycles. The summed E-state index contributed by atoms with van der Waals surface area (Å²) >= 11 is 5.46. The van der Waals surface area contributed by atoms with Crippen LogP contribution in [0.1, 0.15) is 6.92 Å². The average molecular weight is 161 g/mol. The zero-order valence-electron chi connectivity index (χ0n) is 5.76. The molecule has 56 valence electrons. The molecular weight excluding hydrogens is 152 g/mol. The van der Waals surface area contributed by atoms with E-state index in [4.69, 9.17) is 16.3 Å². The van der Waals surface area contributed by atoms with Gasteiger partial charge < -0.3 is 4.74 Å². The highest BCUT2D eigenvalue weighted by atomic mass is 35.5. The number of ether oxygens (including phenoxy) is 1. The summed E-state index contributed by atoms with van der Waals surface area (Å²) < 4.78 is 4.75. The summed E-state index contributed by atoms with van der Waals surface area (Å²) in [6, 6.07) is 0. The molecule has 0 aliphatic heterocycles. The number of carbonyl (C=O) groups excluding carboxylic acids is 1. The fourth-order valence-electron chi connectivity index (χ4n) is 0.745. The van der Waals surface area contributed by atoms with E-state index in [1.165, 1.54) is 0 Å². The van der Waals surface area contributed by atoms with Crippen molar-refractivity contribution in [3.63, 3.8) is 0 Å². The van der Waals surface area contributed by atoms with Crippen LogP contribution in [0.15, 0.2) is 11.6 Å². The van der Waals surface area contributed by atoms with Crippen LogP contribution in [0.5, 0.6) is 0 Å². The van der Waals surface area contributed by atoms with E-state index in [1.54, 1.807) is 6.92 Å². The highest BCUT2D eigenvalue weighted by molar-refractivity contribution is 6.20. The molecule has 1 aliphatic rings. The minimum absolute atomic E-state index is 0.0996. The van der Waals surface area contributed by atoms with E-state index in [9.17, 15) is 4.79 Å². The van der Waals surface area contributed by atoms with E-state index >= 15 is 0 Å². The van der Waals surface area contributed by atoms with Gasteiger partial charge in [0.1, 0.15) is 0 Å². The third-order valence-corrected chi connectivity index (χ3v) is 1.67. The highest BCUT2D eigenvalue weighted by Crippen LogP contribution is 2.30. The van der Waals surface area contributed by atoms with Crippen molar-refractivity contribution in [1.29, 1.82) is 0 Å². The van der Waals surface area contributed by atoms with Crippen LogP contribution < -0.4 is 0 Å². The van der Waals surface area contributed by atoms with Crippen molar-refractivity contribution in [2.45, 2.75) is 6.92 Å². The monoisotopic (exact) mass is 160 g/mol. The maximum Gasteiger partial charge on any atom is 0.316 e. The lowest BCUT2D eigenvalue weighted by Crippen LogP contribution is -2.08. The minimum Gasteiger partial charge on any atom is -0.465 e. The highest BCUT2D eigenvalue weighted by Gasteiger charge is 2.31. The first-order valence-corrected chi connectivity index (χ1v) is 3.76. The maximum atomic E-state index is 10.8. The van der Waals surface area contributed by atoms with E-state index in [0.717, 1.165) is 5.57 Å². The van der Waals surface area contributed by atoms with Crippen molar-refractivity contribution < 1.29 is 9.53 Å². The molecule has 0 N–H and O–H groups in total. The quantitative estimate of drug-likeness (QED) is 0.354. The van der Waals surface area contributed by atoms with Gasteiger partial charge in [-0.2, -0.15) is 0 Å². The lowest BCUT2D eigenvalue weighted by molar-refractivity contribution is -0.143. The van der Waals surface area contributed by atoms with E-state index in [-0.39, 0.29) is 11.9 Å². The Labute approximate surface area is 64.8 Å². The van der Waals surface area contributed by atoms with E-state index < -0.39 is 0 Å². The molecule has 10 heavy (non-hydrogen) atoms. The summed E-state index contributed by atoms with van der Waals surface area (Å²) in [6.07, 6.45) is 1.82. The molecule has 0 aromatic carbocycles. The summed E-state index contributed by atoms with van der Waals surface area (Å²) in [5.74, 6) is 0.180. The molecule has 0 aromatic rings. The Morgan fingerprint density at radius 1 is 1.90 bits per heavy atom. The lowest BCUT2D eigenvalue weighted by atomic mass is 10.3. The molecule has 0 bridgehead atoms. The second kappa shape index (κ2) is 3.06. The predicted molar refractivity (Wildman–Crippen MR) is 38.9 cm³/mol. The third-order valence-electron chi connectivity index (χ3n) is 1.37. The summed E-state index contributed by atoms with van der Waals surface area (Å²) in [6.45, 7) is 2.24. The molecule has 1 rings (SSSR count). The van der Waals surface area contributed by atoms with E-state index in [2.05, 4.69) is 0 Å². The molecular formula is C7H9ClO2. The van der Waals surface area contributed by atoms with Gasteiger partial charge in [0.25, 0.3) is 0 Å².